The maximum Gasteiger partial charge on any atom is 0.205 e. The lowest BCUT2D eigenvalue weighted by Crippen LogP contribution is -3.00. The molecule has 4 heteroatoms. The molecule has 100 valence electrons. The van der Waals surface area contributed by atoms with E-state index in [9.17, 15) is 9.59 Å². The fourth-order valence-electron chi connectivity index (χ4n) is 2.24. The zero-order chi connectivity index (χ0) is 13.4. The second kappa shape index (κ2) is 5.66. The van der Waals surface area contributed by atoms with Crippen molar-refractivity contribution in [1.29, 1.82) is 0 Å². The van der Waals surface area contributed by atoms with E-state index in [1.807, 2.05) is 36.0 Å². The van der Waals surface area contributed by atoms with Gasteiger partial charge in [-0.3, -0.25) is 9.59 Å². The van der Waals surface area contributed by atoms with Crippen molar-refractivity contribution in [3.63, 3.8) is 0 Å². The maximum absolute atomic E-state index is 12.2. The lowest BCUT2D eigenvalue weighted by molar-refractivity contribution is -0.673. The molecule has 0 radical (unpaired) electrons. The number of aromatic nitrogens is 1. The third-order valence-corrected chi connectivity index (χ3v) is 3.29. The number of Topliss-reactive ketones (excluding diaryl/α,β-unsaturated/α-hetero) is 2. The molecule has 3 rings (SSSR count). The molecule has 1 aromatic carbocycles. The fraction of sp³-hybridized carbons (Fsp3) is 0.0625. The van der Waals surface area contributed by atoms with Crippen molar-refractivity contribution in [3.05, 3.63) is 71.1 Å². The van der Waals surface area contributed by atoms with Gasteiger partial charge in [-0.1, -0.05) is 24.3 Å². The smallest absolute Gasteiger partial charge is 0.205 e. The molecule has 0 N–H and O–H groups in total. The molecular weight excluding hydrogens is 365 g/mol. The molecule has 0 amide bonds. The minimum atomic E-state index is -0.190. The summed E-state index contributed by atoms with van der Waals surface area (Å²) in [5, 5.41) is 0. The highest BCUT2D eigenvalue weighted by Gasteiger charge is 2.33. The number of fused-ring (bicyclic) bond motifs is 1. The first-order valence-electron chi connectivity index (χ1n) is 6.03. The minimum absolute atomic E-state index is 0. The quantitative estimate of drug-likeness (QED) is 0.276. The van der Waals surface area contributed by atoms with Crippen molar-refractivity contribution in [2.24, 2.45) is 7.05 Å². The Bertz CT molecular complexity index is 698. The highest BCUT2D eigenvalue weighted by atomic mass is 127. The summed E-state index contributed by atoms with van der Waals surface area (Å²) in [6.07, 6.45) is 3.54. The topological polar surface area (TPSA) is 38.0 Å². The molecule has 0 bridgehead atoms. The Labute approximate surface area is 134 Å². The lowest BCUT2D eigenvalue weighted by atomic mass is 10.1. The molecule has 2 aromatic rings. The number of ketones is 2. The first-order chi connectivity index (χ1) is 9.18. The first-order valence-corrected chi connectivity index (χ1v) is 6.03. The van der Waals surface area contributed by atoms with E-state index in [4.69, 9.17) is 0 Å². The van der Waals surface area contributed by atoms with Gasteiger partial charge in [0, 0.05) is 29.3 Å². The minimum Gasteiger partial charge on any atom is -1.00 e. The number of benzene rings is 1. The van der Waals surface area contributed by atoms with E-state index in [-0.39, 0.29) is 41.1 Å². The average Bonchev–Trinajstić information content (AvgIpc) is 2.67. The average molecular weight is 377 g/mol. The maximum atomic E-state index is 12.2. The van der Waals surface area contributed by atoms with Gasteiger partial charge in [-0.15, -0.1) is 0 Å². The molecule has 0 atom stereocenters. The number of halogens is 1. The van der Waals surface area contributed by atoms with Crippen LogP contribution in [0.5, 0.6) is 0 Å². The van der Waals surface area contributed by atoms with Crippen molar-refractivity contribution in [3.8, 4) is 0 Å². The molecule has 0 saturated heterocycles. The number of hydrogen-bond donors (Lipinski definition) is 0. The Hall–Kier alpha value is -1.82. The fourth-order valence-corrected chi connectivity index (χ4v) is 2.24. The van der Waals surface area contributed by atoms with Crippen LogP contribution in [-0.4, -0.2) is 11.6 Å². The molecule has 0 spiro atoms. The normalized spacial score (nSPS) is 12.9. The summed E-state index contributed by atoms with van der Waals surface area (Å²) >= 11 is 0. The first kappa shape index (κ1) is 14.6. The van der Waals surface area contributed by atoms with Crippen molar-refractivity contribution in [2.75, 3.05) is 0 Å². The number of carbonyl (C=O) groups is 2. The van der Waals surface area contributed by atoms with Crippen LogP contribution in [0.3, 0.4) is 0 Å². The molecule has 3 nitrogen and oxygen atoms in total. The highest BCUT2D eigenvalue weighted by molar-refractivity contribution is 6.41. The van der Waals surface area contributed by atoms with Gasteiger partial charge in [-0.05, 0) is 6.07 Å². The molecule has 1 aliphatic carbocycles. The number of hydrogen-bond acceptors (Lipinski definition) is 2. The summed E-state index contributed by atoms with van der Waals surface area (Å²) in [7, 11) is 1.88. The van der Waals surface area contributed by atoms with Crippen molar-refractivity contribution >= 4 is 17.6 Å². The van der Waals surface area contributed by atoms with E-state index >= 15 is 0 Å². The third-order valence-electron chi connectivity index (χ3n) is 3.29. The van der Waals surface area contributed by atoms with Crippen LogP contribution in [0.25, 0.3) is 6.08 Å². The van der Waals surface area contributed by atoms with Crippen molar-refractivity contribution in [1.82, 2.24) is 0 Å². The summed E-state index contributed by atoms with van der Waals surface area (Å²) < 4.78 is 1.87. The predicted octanol–water partition coefficient (Wildman–Crippen LogP) is -1.02. The van der Waals surface area contributed by atoms with Crippen molar-refractivity contribution in [2.45, 2.75) is 0 Å². The number of rotatable bonds is 1. The van der Waals surface area contributed by atoms with Crippen LogP contribution in [0.15, 0.2) is 54.2 Å². The van der Waals surface area contributed by atoms with Gasteiger partial charge in [0.2, 0.25) is 5.69 Å². The van der Waals surface area contributed by atoms with E-state index in [0.717, 1.165) is 5.69 Å². The lowest BCUT2D eigenvalue weighted by Gasteiger charge is -1.95. The Morgan fingerprint density at radius 1 is 0.900 bits per heavy atom. The van der Waals surface area contributed by atoms with Gasteiger partial charge < -0.3 is 24.0 Å². The van der Waals surface area contributed by atoms with Crippen LogP contribution in [0.1, 0.15) is 26.4 Å². The standard InChI is InChI=1S/C16H12NO2.HI/c1-17-9-5-4-6-11(17)10-14-15(18)12-7-2-3-8-13(12)16(14)19;/h2-10H,1H3;1H/q+1;/p-1. The van der Waals surface area contributed by atoms with E-state index in [0.29, 0.717) is 11.1 Å². The Balaban J connectivity index is 0.00000147. The second-order valence-electron chi connectivity index (χ2n) is 4.50. The highest BCUT2D eigenvalue weighted by Crippen LogP contribution is 2.26. The molecule has 0 aliphatic heterocycles. The number of pyridine rings is 1. The van der Waals surface area contributed by atoms with E-state index in [1.54, 1.807) is 30.3 Å². The van der Waals surface area contributed by atoms with Gasteiger partial charge in [0.25, 0.3) is 0 Å². The van der Waals surface area contributed by atoms with Crippen molar-refractivity contribution < 1.29 is 38.1 Å². The zero-order valence-electron chi connectivity index (χ0n) is 10.8. The van der Waals surface area contributed by atoms with Gasteiger partial charge in [-0.25, -0.2) is 4.57 Å². The summed E-state index contributed by atoms with van der Waals surface area (Å²) in [5.74, 6) is -0.381. The molecule has 0 fully saturated rings. The van der Waals surface area contributed by atoms with E-state index in [2.05, 4.69) is 0 Å². The van der Waals surface area contributed by atoms with Crippen LogP contribution in [-0.2, 0) is 7.05 Å². The number of carbonyl (C=O) groups excluding carboxylic acids is 2. The molecule has 1 aromatic heterocycles. The molecule has 0 saturated carbocycles. The summed E-state index contributed by atoms with van der Waals surface area (Å²) in [6.45, 7) is 0. The number of aryl methyl sites for hydroxylation is 1. The third kappa shape index (κ3) is 2.31. The zero-order valence-corrected chi connectivity index (χ0v) is 13.0. The van der Waals surface area contributed by atoms with Gasteiger partial charge >= 0.3 is 0 Å². The molecule has 1 aliphatic rings. The Kier molecular flexibility index (Phi) is 4.13. The largest absolute Gasteiger partial charge is 1.00 e. The summed E-state index contributed by atoms with van der Waals surface area (Å²) in [4.78, 5) is 24.4. The van der Waals surface area contributed by atoms with Crippen LogP contribution in [0.4, 0.5) is 0 Å². The Morgan fingerprint density at radius 3 is 2.00 bits per heavy atom. The van der Waals surface area contributed by atoms with Gasteiger partial charge in [0.15, 0.2) is 17.8 Å². The molecule has 1 heterocycles. The number of nitrogens with zero attached hydrogens (tertiary/aromatic N) is 1. The van der Waals surface area contributed by atoms with Gasteiger partial charge in [-0.2, -0.15) is 0 Å². The SMILES string of the molecule is C[n+]1ccccc1C=C1C(=O)c2ccccc2C1=O.[I-]. The van der Waals surface area contributed by atoms with Crippen LogP contribution < -0.4 is 28.5 Å². The molecule has 20 heavy (non-hydrogen) atoms. The molecule has 0 unspecified atom stereocenters. The summed E-state index contributed by atoms with van der Waals surface area (Å²) in [6, 6.07) is 12.6. The van der Waals surface area contributed by atoms with E-state index in [1.165, 1.54) is 0 Å². The predicted molar refractivity (Wildman–Crippen MR) is 70.7 cm³/mol. The number of allylic oxidation sites excluding steroid dienone is 1. The van der Waals surface area contributed by atoms with Gasteiger partial charge in [0.1, 0.15) is 7.05 Å². The van der Waals surface area contributed by atoms with Crippen LogP contribution >= 0.6 is 0 Å². The molecular formula is C16H12INO2. The second-order valence-corrected chi connectivity index (χ2v) is 4.50. The van der Waals surface area contributed by atoms with Crippen LogP contribution in [0, 0.1) is 0 Å². The van der Waals surface area contributed by atoms with Gasteiger partial charge in [0.05, 0.1) is 5.57 Å². The monoisotopic (exact) mass is 377 g/mol. The summed E-state index contributed by atoms with van der Waals surface area (Å²) in [5.41, 5.74) is 2.06. The van der Waals surface area contributed by atoms with Crippen LogP contribution in [0.2, 0.25) is 0 Å². The van der Waals surface area contributed by atoms with E-state index < -0.39 is 0 Å². The Morgan fingerprint density at radius 2 is 1.45 bits per heavy atom.